The van der Waals surface area contributed by atoms with Crippen molar-refractivity contribution in [2.24, 2.45) is 11.8 Å². The number of carboxylic acid groups (broad SMARTS) is 1. The zero-order valence-corrected chi connectivity index (χ0v) is 13.7. The maximum atomic E-state index is 12.5. The molecule has 126 valence electrons. The number of ether oxygens (including phenoxy) is 1. The van der Waals surface area contributed by atoms with Crippen molar-refractivity contribution < 1.29 is 19.4 Å². The van der Waals surface area contributed by atoms with Crippen LogP contribution in [0.15, 0.2) is 30.3 Å². The maximum Gasteiger partial charge on any atom is 0.309 e. The summed E-state index contributed by atoms with van der Waals surface area (Å²) in [6.07, 6.45) is 5.08. The molecular formula is C19H26O4. The molecule has 0 aromatic heterocycles. The Morgan fingerprint density at radius 1 is 1.13 bits per heavy atom. The Kier molecular flexibility index (Phi) is 6.63. The largest absolute Gasteiger partial charge is 0.481 e. The molecule has 2 rings (SSSR count). The first-order valence-corrected chi connectivity index (χ1v) is 8.60. The van der Waals surface area contributed by atoms with Crippen LogP contribution < -0.4 is 0 Å². The van der Waals surface area contributed by atoms with Crippen LogP contribution in [0.5, 0.6) is 0 Å². The first kappa shape index (κ1) is 17.5. The highest BCUT2D eigenvalue weighted by molar-refractivity contribution is 5.74. The molecule has 23 heavy (non-hydrogen) atoms. The Labute approximate surface area is 137 Å². The summed E-state index contributed by atoms with van der Waals surface area (Å²) in [6.45, 7) is 2.12. The number of unbranched alkanes of at least 4 members (excludes halogenated alkanes) is 1. The van der Waals surface area contributed by atoms with Crippen molar-refractivity contribution in [3.8, 4) is 0 Å². The number of carbonyl (C=O) groups is 2. The summed E-state index contributed by atoms with van der Waals surface area (Å²) in [5, 5.41) is 9.04. The first-order valence-electron chi connectivity index (χ1n) is 8.60. The molecule has 1 aliphatic carbocycles. The summed E-state index contributed by atoms with van der Waals surface area (Å²) in [4.78, 5) is 23.4. The molecule has 0 spiro atoms. The smallest absolute Gasteiger partial charge is 0.309 e. The average molecular weight is 318 g/mol. The molecule has 0 saturated heterocycles. The Bertz CT molecular complexity index is 503. The van der Waals surface area contributed by atoms with Gasteiger partial charge in [-0.2, -0.15) is 0 Å². The number of carbonyl (C=O) groups excluding carboxylic acids is 1. The number of rotatable bonds is 7. The van der Waals surface area contributed by atoms with Crippen LogP contribution in [0.1, 0.15) is 63.5 Å². The lowest BCUT2D eigenvalue weighted by atomic mass is 9.82. The van der Waals surface area contributed by atoms with Gasteiger partial charge >= 0.3 is 11.9 Å². The number of aliphatic carboxylic acids is 1. The van der Waals surface area contributed by atoms with Gasteiger partial charge in [-0.15, -0.1) is 0 Å². The normalized spacial score (nSPS) is 22.3. The van der Waals surface area contributed by atoms with E-state index in [4.69, 9.17) is 9.84 Å². The van der Waals surface area contributed by atoms with E-state index in [0.29, 0.717) is 25.7 Å². The van der Waals surface area contributed by atoms with Gasteiger partial charge in [0.2, 0.25) is 0 Å². The highest BCUT2D eigenvalue weighted by atomic mass is 16.5. The Hall–Kier alpha value is -1.84. The fourth-order valence-electron chi connectivity index (χ4n) is 3.16. The lowest BCUT2D eigenvalue weighted by Gasteiger charge is -2.27. The van der Waals surface area contributed by atoms with Crippen LogP contribution in [-0.2, 0) is 14.3 Å². The lowest BCUT2D eigenvalue weighted by Crippen LogP contribution is -2.28. The van der Waals surface area contributed by atoms with Gasteiger partial charge in [0.1, 0.15) is 6.10 Å². The molecule has 0 heterocycles. The van der Waals surface area contributed by atoms with Gasteiger partial charge in [-0.05, 0) is 44.1 Å². The van der Waals surface area contributed by atoms with Crippen LogP contribution in [0.3, 0.4) is 0 Å². The molecule has 1 N–H and O–H groups in total. The molecule has 0 bridgehead atoms. The summed E-state index contributed by atoms with van der Waals surface area (Å²) in [5.74, 6) is -1.37. The molecule has 0 aliphatic heterocycles. The number of hydrogen-bond acceptors (Lipinski definition) is 3. The van der Waals surface area contributed by atoms with Gasteiger partial charge in [0.05, 0.1) is 11.8 Å². The van der Waals surface area contributed by atoms with E-state index in [1.165, 1.54) is 0 Å². The van der Waals surface area contributed by atoms with Crippen molar-refractivity contribution in [2.45, 2.75) is 58.0 Å². The zero-order chi connectivity index (χ0) is 16.7. The third kappa shape index (κ3) is 5.08. The maximum absolute atomic E-state index is 12.5. The van der Waals surface area contributed by atoms with Crippen LogP contribution >= 0.6 is 0 Å². The molecule has 1 unspecified atom stereocenters. The predicted octanol–water partition coefficient (Wildman–Crippen LogP) is 4.35. The van der Waals surface area contributed by atoms with E-state index in [1.54, 1.807) is 0 Å². The minimum Gasteiger partial charge on any atom is -0.481 e. The summed E-state index contributed by atoms with van der Waals surface area (Å²) in [6, 6.07) is 9.86. The zero-order valence-electron chi connectivity index (χ0n) is 13.7. The summed E-state index contributed by atoms with van der Waals surface area (Å²) >= 11 is 0. The Morgan fingerprint density at radius 3 is 2.30 bits per heavy atom. The first-order chi connectivity index (χ1) is 11.1. The standard InChI is InChI=1S/C19H26O4/c1-2-3-9-17(14-7-5-4-6-8-14)23-19(22)16-12-10-15(11-13-16)18(20)21/h4-8,15-17H,2-3,9-13H2,1H3,(H,20,21). The van der Waals surface area contributed by atoms with E-state index < -0.39 is 5.97 Å². The van der Waals surface area contributed by atoms with Gasteiger partial charge in [0, 0.05) is 0 Å². The molecule has 1 fully saturated rings. The topological polar surface area (TPSA) is 63.6 Å². The molecule has 4 heteroatoms. The van der Waals surface area contributed by atoms with E-state index in [0.717, 1.165) is 24.8 Å². The van der Waals surface area contributed by atoms with Crippen molar-refractivity contribution in [3.05, 3.63) is 35.9 Å². The van der Waals surface area contributed by atoms with E-state index in [2.05, 4.69) is 6.92 Å². The number of benzene rings is 1. The lowest BCUT2D eigenvalue weighted by molar-refractivity contribution is -0.158. The highest BCUT2D eigenvalue weighted by Gasteiger charge is 2.31. The third-order valence-electron chi connectivity index (χ3n) is 4.66. The molecule has 1 aromatic rings. The molecular weight excluding hydrogens is 292 g/mol. The fraction of sp³-hybridized carbons (Fsp3) is 0.579. The highest BCUT2D eigenvalue weighted by Crippen LogP contribution is 2.32. The summed E-state index contributed by atoms with van der Waals surface area (Å²) in [7, 11) is 0. The van der Waals surface area contributed by atoms with Crippen molar-refractivity contribution in [3.63, 3.8) is 0 Å². The van der Waals surface area contributed by atoms with Crippen LogP contribution in [0, 0.1) is 11.8 Å². The van der Waals surface area contributed by atoms with Crippen LogP contribution in [-0.4, -0.2) is 17.0 Å². The monoisotopic (exact) mass is 318 g/mol. The van der Waals surface area contributed by atoms with Gasteiger partial charge in [0.25, 0.3) is 0 Å². The number of esters is 1. The summed E-state index contributed by atoms with van der Waals surface area (Å²) in [5.41, 5.74) is 1.04. The van der Waals surface area contributed by atoms with Crippen molar-refractivity contribution in [1.82, 2.24) is 0 Å². The van der Waals surface area contributed by atoms with Crippen molar-refractivity contribution in [1.29, 1.82) is 0 Å². The molecule has 1 aliphatic rings. The molecule has 1 aromatic carbocycles. The van der Waals surface area contributed by atoms with E-state index in [9.17, 15) is 9.59 Å². The minimum absolute atomic E-state index is 0.154. The van der Waals surface area contributed by atoms with E-state index in [-0.39, 0.29) is 23.9 Å². The van der Waals surface area contributed by atoms with E-state index >= 15 is 0 Å². The molecule has 1 atom stereocenters. The second-order valence-electron chi connectivity index (χ2n) is 6.37. The summed E-state index contributed by atoms with van der Waals surface area (Å²) < 4.78 is 5.79. The van der Waals surface area contributed by atoms with Crippen LogP contribution in [0.4, 0.5) is 0 Å². The average Bonchev–Trinajstić information content (AvgIpc) is 2.59. The van der Waals surface area contributed by atoms with Gasteiger partial charge in [0.15, 0.2) is 0 Å². The van der Waals surface area contributed by atoms with Gasteiger partial charge < -0.3 is 9.84 Å². The molecule has 4 nitrogen and oxygen atoms in total. The number of carboxylic acids is 1. The van der Waals surface area contributed by atoms with Crippen LogP contribution in [0.2, 0.25) is 0 Å². The minimum atomic E-state index is -0.748. The molecule has 0 amide bonds. The van der Waals surface area contributed by atoms with E-state index in [1.807, 2.05) is 30.3 Å². The van der Waals surface area contributed by atoms with Gasteiger partial charge in [-0.25, -0.2) is 0 Å². The number of hydrogen-bond donors (Lipinski definition) is 1. The van der Waals surface area contributed by atoms with Crippen LogP contribution in [0.25, 0.3) is 0 Å². The van der Waals surface area contributed by atoms with Crippen molar-refractivity contribution >= 4 is 11.9 Å². The quantitative estimate of drug-likeness (QED) is 0.759. The fourth-order valence-corrected chi connectivity index (χ4v) is 3.16. The molecule has 1 saturated carbocycles. The molecule has 0 radical (unpaired) electrons. The third-order valence-corrected chi connectivity index (χ3v) is 4.66. The second-order valence-corrected chi connectivity index (χ2v) is 6.37. The Morgan fingerprint density at radius 2 is 1.74 bits per heavy atom. The van der Waals surface area contributed by atoms with Gasteiger partial charge in [-0.1, -0.05) is 43.7 Å². The van der Waals surface area contributed by atoms with Gasteiger partial charge in [-0.3, -0.25) is 9.59 Å². The second kappa shape index (κ2) is 8.70. The van der Waals surface area contributed by atoms with Crippen molar-refractivity contribution in [2.75, 3.05) is 0 Å². The SMILES string of the molecule is CCCCC(OC(=O)C1CCC(C(=O)O)CC1)c1ccccc1. The predicted molar refractivity (Wildman–Crippen MR) is 87.9 cm³/mol. The Balaban J connectivity index is 1.94.